The van der Waals surface area contributed by atoms with E-state index in [4.69, 9.17) is 4.42 Å². The van der Waals surface area contributed by atoms with Gasteiger partial charge in [0.15, 0.2) is 15.6 Å². The lowest BCUT2D eigenvalue weighted by Crippen LogP contribution is -2.29. The zero-order valence-corrected chi connectivity index (χ0v) is 10.5. The molecule has 0 fully saturated rings. The summed E-state index contributed by atoms with van der Waals surface area (Å²) in [7, 11) is -3.39. The number of carbonyl (C=O) groups excluding carboxylic acids is 1. The zero-order chi connectivity index (χ0) is 12.3. The fourth-order valence-corrected chi connectivity index (χ4v) is 2.84. The number of carbonyl (C=O) groups is 1. The molecule has 0 aliphatic carbocycles. The lowest BCUT2D eigenvalue weighted by atomic mass is 10.2. The van der Waals surface area contributed by atoms with Gasteiger partial charge in [0.2, 0.25) is 5.78 Å². The Morgan fingerprint density at radius 1 is 1.38 bits per heavy atom. The Kier molecular flexibility index (Phi) is 3.91. The first-order chi connectivity index (χ1) is 7.34. The topological polar surface area (TPSA) is 64.3 Å². The van der Waals surface area contributed by atoms with E-state index >= 15 is 0 Å². The molecule has 1 aromatic rings. The summed E-state index contributed by atoms with van der Waals surface area (Å²) in [6.07, 6.45) is 1.35. The Hall–Kier alpha value is -1.10. The van der Waals surface area contributed by atoms with Crippen LogP contribution >= 0.6 is 0 Å². The number of furan rings is 1. The Bertz CT molecular complexity index is 442. The molecule has 1 heterocycles. The fourth-order valence-electron chi connectivity index (χ4n) is 1.24. The van der Waals surface area contributed by atoms with Gasteiger partial charge in [0, 0.05) is 0 Å². The number of Topliss-reactive ketones (excluding diaryl/α,β-unsaturated/α-hetero) is 1. The molecule has 0 radical (unpaired) electrons. The molecule has 1 aromatic heterocycles. The molecule has 0 amide bonds. The van der Waals surface area contributed by atoms with Crippen molar-refractivity contribution in [1.82, 2.24) is 0 Å². The highest BCUT2D eigenvalue weighted by Crippen LogP contribution is 2.14. The Balaban J connectivity index is 2.78. The normalized spacial score (nSPS) is 14.0. The van der Waals surface area contributed by atoms with Gasteiger partial charge in [-0.25, -0.2) is 8.42 Å². The van der Waals surface area contributed by atoms with Crippen LogP contribution in [0.4, 0.5) is 0 Å². The van der Waals surface area contributed by atoms with E-state index in [0.29, 0.717) is 0 Å². The summed E-state index contributed by atoms with van der Waals surface area (Å²) in [5.74, 6) is -0.883. The third-order valence-corrected chi connectivity index (χ3v) is 4.98. The van der Waals surface area contributed by atoms with E-state index in [1.807, 2.05) is 13.8 Å². The average Bonchev–Trinajstić information content (AvgIpc) is 2.68. The van der Waals surface area contributed by atoms with Gasteiger partial charge in [0.1, 0.15) is 5.75 Å². The molecule has 0 saturated carbocycles. The second kappa shape index (κ2) is 4.82. The molecule has 0 spiro atoms. The van der Waals surface area contributed by atoms with Gasteiger partial charge in [-0.05, 0) is 25.0 Å². The maximum Gasteiger partial charge on any atom is 0.212 e. The molecule has 0 N–H and O–H groups in total. The van der Waals surface area contributed by atoms with Gasteiger partial charge in [0.25, 0.3) is 0 Å². The van der Waals surface area contributed by atoms with Crippen molar-refractivity contribution in [2.24, 2.45) is 5.92 Å². The van der Waals surface area contributed by atoms with Gasteiger partial charge in [-0.15, -0.1) is 0 Å². The highest BCUT2D eigenvalue weighted by atomic mass is 32.2. The molecule has 0 aliphatic rings. The van der Waals surface area contributed by atoms with Gasteiger partial charge in [0.05, 0.1) is 11.5 Å². The van der Waals surface area contributed by atoms with Crippen molar-refractivity contribution in [3.05, 3.63) is 24.2 Å². The van der Waals surface area contributed by atoms with Gasteiger partial charge in [-0.3, -0.25) is 4.79 Å². The first-order valence-corrected chi connectivity index (χ1v) is 6.84. The largest absolute Gasteiger partial charge is 0.461 e. The maximum atomic E-state index is 11.8. The van der Waals surface area contributed by atoms with E-state index in [9.17, 15) is 13.2 Å². The van der Waals surface area contributed by atoms with Crippen LogP contribution in [0.1, 0.15) is 31.3 Å². The highest BCUT2D eigenvalue weighted by Gasteiger charge is 2.27. The van der Waals surface area contributed by atoms with Crippen LogP contribution in [-0.2, 0) is 9.84 Å². The van der Waals surface area contributed by atoms with Crippen LogP contribution in [-0.4, -0.2) is 25.2 Å². The zero-order valence-electron chi connectivity index (χ0n) is 9.64. The Morgan fingerprint density at radius 3 is 2.44 bits per heavy atom. The van der Waals surface area contributed by atoms with Crippen molar-refractivity contribution in [2.45, 2.75) is 26.0 Å². The molecule has 5 heteroatoms. The van der Waals surface area contributed by atoms with Crippen LogP contribution < -0.4 is 0 Å². The van der Waals surface area contributed by atoms with Crippen LogP contribution in [0, 0.1) is 5.92 Å². The quantitative estimate of drug-likeness (QED) is 0.742. The molecule has 0 aromatic carbocycles. The molecule has 16 heavy (non-hydrogen) atoms. The van der Waals surface area contributed by atoms with Gasteiger partial charge in [-0.1, -0.05) is 13.8 Å². The third kappa shape index (κ3) is 2.95. The number of hydrogen-bond acceptors (Lipinski definition) is 4. The van der Waals surface area contributed by atoms with E-state index in [0.717, 1.165) is 0 Å². The minimum atomic E-state index is -3.39. The van der Waals surface area contributed by atoms with Crippen molar-refractivity contribution < 1.29 is 17.6 Å². The molecular weight excluding hydrogens is 228 g/mol. The number of rotatable bonds is 5. The average molecular weight is 244 g/mol. The first kappa shape index (κ1) is 13.0. The van der Waals surface area contributed by atoms with E-state index in [1.54, 1.807) is 13.0 Å². The van der Waals surface area contributed by atoms with E-state index < -0.39 is 26.6 Å². The minimum absolute atomic E-state index is 0.00518. The van der Waals surface area contributed by atoms with Crippen molar-refractivity contribution in [3.63, 3.8) is 0 Å². The second-order valence-electron chi connectivity index (χ2n) is 4.16. The molecular formula is C11H16O4S. The molecule has 0 aliphatic heterocycles. The summed E-state index contributed by atoms with van der Waals surface area (Å²) in [5, 5.41) is -0.522. The molecule has 1 atom stereocenters. The summed E-state index contributed by atoms with van der Waals surface area (Å²) in [5.41, 5.74) is 0. The van der Waals surface area contributed by atoms with E-state index in [1.165, 1.54) is 12.3 Å². The summed E-state index contributed by atoms with van der Waals surface area (Å²) in [6.45, 7) is 5.26. The molecule has 1 unspecified atom stereocenters. The predicted octanol–water partition coefficient (Wildman–Crippen LogP) is 1.92. The standard InChI is InChI=1S/C11H16O4S/c1-8(2)9(3)16(13,14)7-10(12)11-5-4-6-15-11/h4-6,8-9H,7H2,1-3H3. The van der Waals surface area contributed by atoms with Crippen LogP contribution in [0.15, 0.2) is 22.8 Å². The lowest BCUT2D eigenvalue weighted by Gasteiger charge is -2.15. The van der Waals surface area contributed by atoms with E-state index in [-0.39, 0.29) is 11.7 Å². The summed E-state index contributed by atoms with van der Waals surface area (Å²) in [4.78, 5) is 11.6. The number of sulfone groups is 1. The Labute approximate surface area is 95.6 Å². The SMILES string of the molecule is CC(C)C(C)S(=O)(=O)CC(=O)c1ccco1. The molecule has 0 saturated heterocycles. The van der Waals surface area contributed by atoms with Gasteiger partial charge < -0.3 is 4.42 Å². The number of ketones is 1. The van der Waals surface area contributed by atoms with Gasteiger partial charge in [-0.2, -0.15) is 0 Å². The first-order valence-electron chi connectivity index (χ1n) is 5.13. The van der Waals surface area contributed by atoms with Crippen molar-refractivity contribution in [2.75, 3.05) is 5.75 Å². The molecule has 1 rings (SSSR count). The van der Waals surface area contributed by atoms with Crippen LogP contribution in [0.2, 0.25) is 0 Å². The van der Waals surface area contributed by atoms with Crippen molar-refractivity contribution in [1.29, 1.82) is 0 Å². The minimum Gasteiger partial charge on any atom is -0.461 e. The maximum absolute atomic E-state index is 11.8. The number of hydrogen-bond donors (Lipinski definition) is 0. The molecule has 90 valence electrons. The lowest BCUT2D eigenvalue weighted by molar-refractivity contribution is 0.0990. The van der Waals surface area contributed by atoms with Gasteiger partial charge >= 0.3 is 0 Å². The fraction of sp³-hybridized carbons (Fsp3) is 0.545. The summed E-state index contributed by atoms with van der Waals surface area (Å²) >= 11 is 0. The summed E-state index contributed by atoms with van der Waals surface area (Å²) in [6, 6.07) is 3.03. The second-order valence-corrected chi connectivity index (χ2v) is 6.51. The Morgan fingerprint density at radius 2 is 2.00 bits per heavy atom. The smallest absolute Gasteiger partial charge is 0.212 e. The third-order valence-electron chi connectivity index (χ3n) is 2.63. The van der Waals surface area contributed by atoms with Crippen molar-refractivity contribution >= 4 is 15.6 Å². The van der Waals surface area contributed by atoms with Crippen LogP contribution in [0.25, 0.3) is 0 Å². The molecule has 4 nitrogen and oxygen atoms in total. The van der Waals surface area contributed by atoms with E-state index in [2.05, 4.69) is 0 Å². The van der Waals surface area contributed by atoms with Crippen molar-refractivity contribution in [3.8, 4) is 0 Å². The molecule has 0 bridgehead atoms. The summed E-state index contributed by atoms with van der Waals surface area (Å²) < 4.78 is 28.5. The van der Waals surface area contributed by atoms with Crippen LogP contribution in [0.5, 0.6) is 0 Å². The monoisotopic (exact) mass is 244 g/mol. The predicted molar refractivity (Wildman–Crippen MR) is 61.1 cm³/mol. The van der Waals surface area contributed by atoms with Crippen LogP contribution in [0.3, 0.4) is 0 Å². The highest BCUT2D eigenvalue weighted by molar-refractivity contribution is 7.92.